The third-order valence-corrected chi connectivity index (χ3v) is 5.93. The Morgan fingerprint density at radius 1 is 0.968 bits per heavy atom. The molecule has 7 nitrogen and oxygen atoms in total. The Morgan fingerprint density at radius 3 is 2.42 bits per heavy atom. The third kappa shape index (κ3) is 6.13. The van der Waals surface area contributed by atoms with Gasteiger partial charge in [-0.1, -0.05) is 35.9 Å². The lowest BCUT2D eigenvalue weighted by molar-refractivity contribution is 0.0947. The molecule has 9 heteroatoms. The maximum atomic E-state index is 12.4. The molecule has 0 aromatic heterocycles. The van der Waals surface area contributed by atoms with Crippen LogP contribution in [0.15, 0.2) is 77.7 Å². The number of amides is 1. The summed E-state index contributed by atoms with van der Waals surface area (Å²) in [7, 11) is -2.18. The number of methoxy groups -OCH3 is 1. The van der Waals surface area contributed by atoms with Crippen molar-refractivity contribution in [3.63, 3.8) is 0 Å². The van der Waals surface area contributed by atoms with Gasteiger partial charge in [0.25, 0.3) is 15.9 Å². The summed E-state index contributed by atoms with van der Waals surface area (Å²) in [5.74, 6) is 0.912. The van der Waals surface area contributed by atoms with Crippen molar-refractivity contribution in [1.29, 1.82) is 0 Å². The minimum Gasteiger partial charge on any atom is -0.497 e. The quantitative estimate of drug-likeness (QED) is 0.471. The number of nitrogens with one attached hydrogen (secondary N) is 2. The molecule has 0 heterocycles. The zero-order valence-electron chi connectivity index (χ0n) is 16.7. The van der Waals surface area contributed by atoms with Gasteiger partial charge in [-0.15, -0.1) is 0 Å². The fraction of sp³-hybridized carbons (Fsp3) is 0.136. The molecule has 31 heavy (non-hydrogen) atoms. The van der Waals surface area contributed by atoms with Gasteiger partial charge in [-0.2, -0.15) is 0 Å². The van der Waals surface area contributed by atoms with Crippen LogP contribution in [0.4, 0.5) is 5.69 Å². The van der Waals surface area contributed by atoms with Gasteiger partial charge in [-0.3, -0.25) is 9.52 Å². The summed E-state index contributed by atoms with van der Waals surface area (Å²) >= 11 is 6.20. The molecule has 3 rings (SSSR count). The average Bonchev–Trinajstić information content (AvgIpc) is 2.77. The number of sulfonamides is 1. The van der Waals surface area contributed by atoms with Crippen molar-refractivity contribution in [1.82, 2.24) is 5.32 Å². The normalized spacial score (nSPS) is 10.9. The van der Waals surface area contributed by atoms with Crippen LogP contribution >= 0.6 is 11.6 Å². The Labute approximate surface area is 186 Å². The molecule has 0 spiro atoms. The predicted molar refractivity (Wildman–Crippen MR) is 120 cm³/mol. The van der Waals surface area contributed by atoms with Crippen molar-refractivity contribution in [3.8, 4) is 11.5 Å². The van der Waals surface area contributed by atoms with Gasteiger partial charge in [-0.25, -0.2) is 8.42 Å². The molecule has 0 fully saturated rings. The molecule has 162 valence electrons. The molecule has 0 saturated heterocycles. The smallest absolute Gasteiger partial charge is 0.261 e. The lowest BCUT2D eigenvalue weighted by Crippen LogP contribution is -2.28. The van der Waals surface area contributed by atoms with Crippen molar-refractivity contribution in [2.75, 3.05) is 25.0 Å². The van der Waals surface area contributed by atoms with Crippen LogP contribution in [0.5, 0.6) is 11.5 Å². The van der Waals surface area contributed by atoms with Crippen molar-refractivity contribution in [3.05, 3.63) is 83.4 Å². The SMILES string of the molecule is COc1cccc(OCCNC(=O)c2ccc(NS(=O)(=O)c3ccccc3)cc2Cl)c1. The van der Waals surface area contributed by atoms with Crippen LogP contribution in [-0.2, 0) is 10.0 Å². The topological polar surface area (TPSA) is 93.7 Å². The van der Waals surface area contributed by atoms with E-state index in [1.807, 2.05) is 0 Å². The van der Waals surface area contributed by atoms with Gasteiger partial charge in [0.05, 0.1) is 34.8 Å². The third-order valence-electron chi connectivity index (χ3n) is 4.22. The molecule has 0 radical (unpaired) electrons. The lowest BCUT2D eigenvalue weighted by Gasteiger charge is -2.11. The number of carbonyl (C=O) groups excluding carboxylic acids is 1. The lowest BCUT2D eigenvalue weighted by atomic mass is 10.2. The zero-order chi connectivity index (χ0) is 22.3. The Balaban J connectivity index is 1.56. The fourth-order valence-corrected chi connectivity index (χ4v) is 4.03. The number of hydrogen-bond acceptors (Lipinski definition) is 5. The summed E-state index contributed by atoms with van der Waals surface area (Å²) in [4.78, 5) is 12.5. The molecule has 3 aromatic rings. The van der Waals surface area contributed by atoms with Crippen molar-refractivity contribution >= 4 is 33.2 Å². The van der Waals surface area contributed by atoms with E-state index >= 15 is 0 Å². The van der Waals surface area contributed by atoms with Gasteiger partial charge in [0, 0.05) is 6.07 Å². The minimum atomic E-state index is -3.75. The highest BCUT2D eigenvalue weighted by Gasteiger charge is 2.16. The van der Waals surface area contributed by atoms with E-state index in [-0.39, 0.29) is 34.3 Å². The van der Waals surface area contributed by atoms with Gasteiger partial charge >= 0.3 is 0 Å². The van der Waals surface area contributed by atoms with Gasteiger partial charge < -0.3 is 14.8 Å². The highest BCUT2D eigenvalue weighted by Crippen LogP contribution is 2.23. The molecule has 0 aliphatic carbocycles. The van der Waals surface area contributed by atoms with Crippen molar-refractivity contribution in [2.45, 2.75) is 4.90 Å². The van der Waals surface area contributed by atoms with Crippen LogP contribution in [0.1, 0.15) is 10.4 Å². The highest BCUT2D eigenvalue weighted by atomic mass is 35.5. The Morgan fingerprint density at radius 2 is 1.71 bits per heavy atom. The molecular formula is C22H21ClN2O5S. The number of halogens is 1. The number of benzene rings is 3. The predicted octanol–water partition coefficient (Wildman–Crippen LogP) is 3.96. The first kappa shape index (κ1) is 22.5. The van der Waals surface area contributed by atoms with E-state index in [9.17, 15) is 13.2 Å². The number of carbonyl (C=O) groups is 1. The van der Waals surface area contributed by atoms with Crippen LogP contribution in [-0.4, -0.2) is 34.6 Å². The van der Waals surface area contributed by atoms with Gasteiger partial charge in [0.1, 0.15) is 18.1 Å². The first-order chi connectivity index (χ1) is 14.9. The molecule has 0 unspecified atom stereocenters. The Kier molecular flexibility index (Phi) is 7.38. The largest absolute Gasteiger partial charge is 0.497 e. The standard InChI is InChI=1S/C22H21ClN2O5S/c1-29-17-6-5-7-18(15-17)30-13-12-24-22(26)20-11-10-16(14-21(20)23)25-31(27,28)19-8-3-2-4-9-19/h2-11,14-15,25H,12-13H2,1H3,(H,24,26). The number of ether oxygens (including phenoxy) is 2. The summed E-state index contributed by atoms with van der Waals surface area (Å²) in [6.45, 7) is 0.514. The average molecular weight is 461 g/mol. The van der Waals surface area contributed by atoms with E-state index in [2.05, 4.69) is 10.0 Å². The zero-order valence-corrected chi connectivity index (χ0v) is 18.2. The molecule has 0 bridgehead atoms. The Bertz CT molecular complexity index is 1150. The summed E-state index contributed by atoms with van der Waals surface area (Å²) in [6.07, 6.45) is 0. The molecule has 2 N–H and O–H groups in total. The number of anilines is 1. The first-order valence-corrected chi connectivity index (χ1v) is 11.2. The minimum absolute atomic E-state index is 0.125. The maximum absolute atomic E-state index is 12.4. The second-order valence-electron chi connectivity index (χ2n) is 6.40. The molecule has 0 aliphatic rings. The highest BCUT2D eigenvalue weighted by molar-refractivity contribution is 7.92. The van der Waals surface area contributed by atoms with Crippen LogP contribution in [0.25, 0.3) is 0 Å². The second kappa shape index (κ2) is 10.2. The fourth-order valence-electron chi connectivity index (χ4n) is 2.70. The molecule has 3 aromatic carbocycles. The Hall–Kier alpha value is -3.23. The van der Waals surface area contributed by atoms with E-state index < -0.39 is 15.9 Å². The molecule has 0 aliphatic heterocycles. The van der Waals surface area contributed by atoms with Gasteiger partial charge in [0.2, 0.25) is 0 Å². The van der Waals surface area contributed by atoms with E-state index in [1.54, 1.807) is 49.6 Å². The van der Waals surface area contributed by atoms with E-state index in [0.717, 1.165) is 0 Å². The van der Waals surface area contributed by atoms with Crippen molar-refractivity contribution in [2.24, 2.45) is 0 Å². The summed E-state index contributed by atoms with van der Waals surface area (Å²) in [5.41, 5.74) is 0.484. The van der Waals surface area contributed by atoms with Crippen LogP contribution in [0.3, 0.4) is 0 Å². The maximum Gasteiger partial charge on any atom is 0.261 e. The molecule has 0 saturated carbocycles. The van der Waals surface area contributed by atoms with Gasteiger partial charge in [-0.05, 0) is 42.5 Å². The van der Waals surface area contributed by atoms with Crippen LogP contribution < -0.4 is 19.5 Å². The summed E-state index contributed by atoms with van der Waals surface area (Å²) in [5, 5.41) is 2.84. The monoisotopic (exact) mass is 460 g/mol. The van der Waals surface area contributed by atoms with E-state index in [4.69, 9.17) is 21.1 Å². The molecule has 0 atom stereocenters. The number of hydrogen-bond donors (Lipinski definition) is 2. The van der Waals surface area contributed by atoms with E-state index in [0.29, 0.717) is 11.5 Å². The van der Waals surface area contributed by atoms with E-state index in [1.165, 1.54) is 30.3 Å². The second-order valence-corrected chi connectivity index (χ2v) is 8.49. The summed E-state index contributed by atoms with van der Waals surface area (Å²) < 4.78 is 38.0. The first-order valence-electron chi connectivity index (χ1n) is 9.31. The summed E-state index contributed by atoms with van der Waals surface area (Å²) in [6, 6.07) is 19.4. The number of rotatable bonds is 9. The van der Waals surface area contributed by atoms with Gasteiger partial charge in [0.15, 0.2) is 0 Å². The van der Waals surface area contributed by atoms with Crippen LogP contribution in [0.2, 0.25) is 5.02 Å². The van der Waals surface area contributed by atoms with Crippen LogP contribution in [0, 0.1) is 0 Å². The molecular weight excluding hydrogens is 440 g/mol. The van der Waals surface area contributed by atoms with Crippen molar-refractivity contribution < 1.29 is 22.7 Å². The molecule has 1 amide bonds.